The Morgan fingerprint density at radius 2 is 1.79 bits per heavy atom. The fourth-order valence-corrected chi connectivity index (χ4v) is 1.61. The smallest absolute Gasteiger partial charge is 0.318 e. The van der Waals surface area contributed by atoms with Crippen LogP contribution in [0, 0.1) is 0 Å². The molecule has 19 heavy (non-hydrogen) atoms. The minimum atomic E-state index is -2.12. The lowest BCUT2D eigenvalue weighted by molar-refractivity contribution is -0.144. The lowest BCUT2D eigenvalue weighted by atomic mass is 9.88. The summed E-state index contributed by atoms with van der Waals surface area (Å²) in [4.78, 5) is 33.1. The average Bonchev–Trinajstić information content (AvgIpc) is 2.36. The third-order valence-electron chi connectivity index (χ3n) is 2.56. The highest BCUT2D eigenvalue weighted by atomic mass is 16.4. The van der Waals surface area contributed by atoms with Gasteiger partial charge < -0.3 is 15.9 Å². The van der Waals surface area contributed by atoms with Crippen molar-refractivity contribution in [2.45, 2.75) is 18.4 Å². The highest BCUT2D eigenvalue weighted by molar-refractivity contribution is 5.98. The molecule has 3 amide bonds. The van der Waals surface area contributed by atoms with Crippen LogP contribution in [0.15, 0.2) is 30.3 Å². The van der Waals surface area contributed by atoms with Crippen LogP contribution in [0.4, 0.5) is 4.79 Å². The number of carboxylic acid groups (broad SMARTS) is 1. The molecule has 0 bridgehead atoms. The fraction of sp³-hybridized carbons (Fsp3) is 0.250. The fourth-order valence-electron chi connectivity index (χ4n) is 1.61. The largest absolute Gasteiger partial charge is 0.481 e. The molecular formula is C12H14N2O5. The predicted octanol–water partition coefficient (Wildman–Crippen LogP) is -0.0661. The van der Waals surface area contributed by atoms with Gasteiger partial charge >= 0.3 is 12.0 Å². The molecule has 7 nitrogen and oxygen atoms in total. The third-order valence-corrected chi connectivity index (χ3v) is 2.56. The van der Waals surface area contributed by atoms with Crippen molar-refractivity contribution in [2.24, 2.45) is 5.73 Å². The number of aliphatic carboxylic acids is 1. The summed E-state index contributed by atoms with van der Waals surface area (Å²) >= 11 is 0. The molecule has 7 heteroatoms. The van der Waals surface area contributed by atoms with Crippen molar-refractivity contribution in [3.63, 3.8) is 0 Å². The third kappa shape index (κ3) is 3.78. The standard InChI is InChI=1S/C12H14N2O5/c13-11(18)14-10(17)12(19,7-6-9(15)16)8-4-2-1-3-5-8/h1-5,19H,6-7H2,(H,15,16)(H3,13,14,17,18). The van der Waals surface area contributed by atoms with E-state index < -0.39 is 29.9 Å². The zero-order valence-electron chi connectivity index (χ0n) is 10.00. The van der Waals surface area contributed by atoms with Gasteiger partial charge in [0.25, 0.3) is 5.91 Å². The van der Waals surface area contributed by atoms with Crippen LogP contribution in [0.5, 0.6) is 0 Å². The molecule has 0 heterocycles. The molecule has 0 aliphatic heterocycles. The number of carbonyl (C=O) groups is 3. The maximum absolute atomic E-state index is 11.8. The first-order valence-corrected chi connectivity index (χ1v) is 5.47. The van der Waals surface area contributed by atoms with Crippen LogP contribution in [0.3, 0.4) is 0 Å². The second-order valence-electron chi connectivity index (χ2n) is 3.94. The molecule has 102 valence electrons. The van der Waals surface area contributed by atoms with Gasteiger partial charge in [-0.1, -0.05) is 30.3 Å². The number of nitrogens with one attached hydrogen (secondary N) is 1. The van der Waals surface area contributed by atoms with Crippen molar-refractivity contribution in [1.29, 1.82) is 0 Å². The van der Waals surface area contributed by atoms with Crippen molar-refractivity contribution >= 4 is 17.9 Å². The molecule has 0 aromatic heterocycles. The van der Waals surface area contributed by atoms with Gasteiger partial charge in [0, 0.05) is 6.42 Å². The van der Waals surface area contributed by atoms with Gasteiger partial charge in [-0.3, -0.25) is 14.9 Å². The summed E-state index contributed by atoms with van der Waals surface area (Å²) in [6, 6.07) is 6.64. The number of carbonyl (C=O) groups excluding carboxylic acids is 2. The van der Waals surface area contributed by atoms with E-state index in [9.17, 15) is 19.5 Å². The summed E-state index contributed by atoms with van der Waals surface area (Å²) in [7, 11) is 0. The normalized spacial score (nSPS) is 13.3. The van der Waals surface area contributed by atoms with Crippen LogP contribution in [-0.4, -0.2) is 28.1 Å². The molecular weight excluding hydrogens is 252 g/mol. The van der Waals surface area contributed by atoms with Crippen molar-refractivity contribution in [1.82, 2.24) is 5.32 Å². The molecule has 1 unspecified atom stereocenters. The van der Waals surface area contributed by atoms with E-state index in [0.717, 1.165) is 0 Å². The highest BCUT2D eigenvalue weighted by Gasteiger charge is 2.38. The van der Waals surface area contributed by atoms with Gasteiger partial charge in [0.05, 0.1) is 0 Å². The maximum atomic E-state index is 11.8. The Morgan fingerprint density at radius 3 is 2.26 bits per heavy atom. The Hall–Kier alpha value is -2.41. The molecule has 1 aromatic rings. The number of hydrogen-bond donors (Lipinski definition) is 4. The molecule has 1 rings (SSSR count). The SMILES string of the molecule is NC(=O)NC(=O)C(O)(CCC(=O)O)c1ccccc1. The van der Waals surface area contributed by atoms with E-state index in [1.807, 2.05) is 0 Å². The predicted molar refractivity (Wildman–Crippen MR) is 64.9 cm³/mol. The zero-order chi connectivity index (χ0) is 14.5. The van der Waals surface area contributed by atoms with E-state index in [4.69, 9.17) is 10.8 Å². The Labute approximate surface area is 109 Å². The lowest BCUT2D eigenvalue weighted by Gasteiger charge is -2.26. The number of primary amides is 1. The summed E-state index contributed by atoms with van der Waals surface area (Å²) in [5, 5.41) is 20.8. The molecule has 0 saturated carbocycles. The molecule has 0 aliphatic rings. The molecule has 0 fully saturated rings. The minimum Gasteiger partial charge on any atom is -0.481 e. The summed E-state index contributed by atoms with van der Waals surface area (Å²) in [6.45, 7) is 0. The van der Waals surface area contributed by atoms with Gasteiger partial charge in [-0.05, 0) is 12.0 Å². The van der Waals surface area contributed by atoms with Crippen LogP contribution < -0.4 is 11.1 Å². The number of imide groups is 1. The van der Waals surface area contributed by atoms with E-state index in [1.165, 1.54) is 12.1 Å². The minimum absolute atomic E-state index is 0.190. The number of rotatable bonds is 5. The Bertz CT molecular complexity index is 488. The number of benzene rings is 1. The van der Waals surface area contributed by atoms with E-state index in [0.29, 0.717) is 0 Å². The summed E-state index contributed by atoms with van der Waals surface area (Å²) in [5.41, 5.74) is 2.90. The molecule has 1 aromatic carbocycles. The van der Waals surface area contributed by atoms with Crippen LogP contribution in [-0.2, 0) is 15.2 Å². The van der Waals surface area contributed by atoms with Crippen LogP contribution >= 0.6 is 0 Å². The van der Waals surface area contributed by atoms with Crippen molar-refractivity contribution in [2.75, 3.05) is 0 Å². The van der Waals surface area contributed by atoms with E-state index in [-0.39, 0.29) is 12.0 Å². The second kappa shape index (κ2) is 5.96. The van der Waals surface area contributed by atoms with Crippen LogP contribution in [0.25, 0.3) is 0 Å². The zero-order valence-corrected chi connectivity index (χ0v) is 10.00. The first-order valence-electron chi connectivity index (χ1n) is 5.47. The Kier molecular flexibility index (Phi) is 4.60. The van der Waals surface area contributed by atoms with E-state index in [2.05, 4.69) is 0 Å². The quantitative estimate of drug-likeness (QED) is 0.593. The number of hydrogen-bond acceptors (Lipinski definition) is 4. The topological polar surface area (TPSA) is 130 Å². The molecule has 0 aliphatic carbocycles. The summed E-state index contributed by atoms with van der Waals surface area (Å²) in [6.07, 6.45) is -0.803. The number of nitrogens with two attached hydrogens (primary N) is 1. The van der Waals surface area contributed by atoms with Gasteiger partial charge in [-0.25, -0.2) is 4.79 Å². The molecule has 0 radical (unpaired) electrons. The molecule has 5 N–H and O–H groups in total. The van der Waals surface area contributed by atoms with Gasteiger partial charge in [0.2, 0.25) is 0 Å². The number of aliphatic hydroxyl groups is 1. The Balaban J connectivity index is 3.06. The maximum Gasteiger partial charge on any atom is 0.318 e. The van der Waals surface area contributed by atoms with E-state index >= 15 is 0 Å². The average molecular weight is 266 g/mol. The number of urea groups is 1. The van der Waals surface area contributed by atoms with Crippen LogP contribution in [0.1, 0.15) is 18.4 Å². The lowest BCUT2D eigenvalue weighted by Crippen LogP contribution is -2.48. The van der Waals surface area contributed by atoms with Crippen molar-refractivity contribution < 1.29 is 24.6 Å². The van der Waals surface area contributed by atoms with E-state index in [1.54, 1.807) is 23.5 Å². The van der Waals surface area contributed by atoms with Crippen molar-refractivity contribution in [3.8, 4) is 0 Å². The second-order valence-corrected chi connectivity index (χ2v) is 3.94. The van der Waals surface area contributed by atoms with Gasteiger partial charge in [-0.2, -0.15) is 0 Å². The molecule has 0 saturated heterocycles. The van der Waals surface area contributed by atoms with Gasteiger partial charge in [0.15, 0.2) is 5.60 Å². The highest BCUT2D eigenvalue weighted by Crippen LogP contribution is 2.26. The van der Waals surface area contributed by atoms with Crippen molar-refractivity contribution in [3.05, 3.63) is 35.9 Å². The van der Waals surface area contributed by atoms with Gasteiger partial charge in [-0.15, -0.1) is 0 Å². The summed E-state index contributed by atoms with van der Waals surface area (Å²) < 4.78 is 0. The number of amides is 3. The monoisotopic (exact) mass is 266 g/mol. The molecule has 1 atom stereocenters. The van der Waals surface area contributed by atoms with Crippen LogP contribution in [0.2, 0.25) is 0 Å². The first-order chi connectivity index (χ1) is 8.86. The van der Waals surface area contributed by atoms with Gasteiger partial charge in [0.1, 0.15) is 0 Å². The first kappa shape index (κ1) is 14.7. The summed E-state index contributed by atoms with van der Waals surface area (Å²) in [5.74, 6) is -2.21. The Morgan fingerprint density at radius 1 is 1.21 bits per heavy atom. The number of carboxylic acids is 1. The molecule has 0 spiro atoms.